The normalized spacial score (nSPS) is 13.9. The van der Waals surface area contributed by atoms with Crippen molar-refractivity contribution in [3.05, 3.63) is 34.3 Å². The van der Waals surface area contributed by atoms with Crippen LogP contribution in [-0.4, -0.2) is 22.7 Å². The van der Waals surface area contributed by atoms with Crippen LogP contribution in [0, 0.1) is 13.8 Å². The van der Waals surface area contributed by atoms with Crippen LogP contribution in [0.1, 0.15) is 41.3 Å². The van der Waals surface area contributed by atoms with E-state index in [2.05, 4.69) is 21.6 Å². The molecule has 0 radical (unpaired) electrons. The summed E-state index contributed by atoms with van der Waals surface area (Å²) < 4.78 is 5.64. The molecular weight excluding hydrogens is 298 g/mol. The highest BCUT2D eigenvalue weighted by Gasteiger charge is 2.27. The van der Waals surface area contributed by atoms with Crippen LogP contribution in [0.3, 0.4) is 0 Å². The number of anilines is 1. The van der Waals surface area contributed by atoms with E-state index in [-0.39, 0.29) is 5.91 Å². The van der Waals surface area contributed by atoms with Crippen LogP contribution >= 0.6 is 11.3 Å². The van der Waals surface area contributed by atoms with Gasteiger partial charge in [0.25, 0.3) is 0 Å². The summed E-state index contributed by atoms with van der Waals surface area (Å²) in [5.74, 6) is 1.27. The molecule has 116 valence electrons. The summed E-state index contributed by atoms with van der Waals surface area (Å²) in [4.78, 5) is 11.9. The Balaban J connectivity index is 1.45. The summed E-state index contributed by atoms with van der Waals surface area (Å²) in [7, 11) is 0. The minimum atomic E-state index is -0.0946. The third-order valence-corrected chi connectivity index (χ3v) is 4.41. The molecule has 1 N–H and O–H groups in total. The quantitative estimate of drug-likeness (QED) is 0.886. The fourth-order valence-electron chi connectivity index (χ4n) is 2.24. The number of aryl methyl sites for hydroxylation is 2. The van der Waals surface area contributed by atoms with Crippen molar-refractivity contribution in [1.82, 2.24) is 10.2 Å². The summed E-state index contributed by atoms with van der Waals surface area (Å²) in [6.07, 6.45) is 2.67. The Kier molecular flexibility index (Phi) is 4.38. The Hall–Kier alpha value is -1.95. The summed E-state index contributed by atoms with van der Waals surface area (Å²) in [6.45, 7) is 4.40. The van der Waals surface area contributed by atoms with Crippen molar-refractivity contribution in [2.24, 2.45) is 0 Å². The Bertz CT molecular complexity index is 660. The van der Waals surface area contributed by atoms with Gasteiger partial charge >= 0.3 is 0 Å². The highest BCUT2D eigenvalue weighted by atomic mass is 32.1. The van der Waals surface area contributed by atoms with Crippen molar-refractivity contribution in [3.63, 3.8) is 0 Å². The molecule has 1 saturated carbocycles. The van der Waals surface area contributed by atoms with Crippen molar-refractivity contribution >= 4 is 22.4 Å². The monoisotopic (exact) mass is 317 g/mol. The Morgan fingerprint density at radius 3 is 2.68 bits per heavy atom. The number of hydrogen-bond acceptors (Lipinski definition) is 5. The second-order valence-electron chi connectivity index (χ2n) is 5.69. The number of aromatic nitrogens is 2. The van der Waals surface area contributed by atoms with Crippen molar-refractivity contribution in [2.45, 2.75) is 39.0 Å². The molecule has 1 aromatic heterocycles. The van der Waals surface area contributed by atoms with Gasteiger partial charge in [-0.05, 0) is 49.9 Å². The van der Waals surface area contributed by atoms with Gasteiger partial charge in [-0.15, -0.1) is 10.2 Å². The zero-order valence-corrected chi connectivity index (χ0v) is 13.6. The van der Waals surface area contributed by atoms with E-state index in [4.69, 9.17) is 4.74 Å². The lowest BCUT2D eigenvalue weighted by atomic mass is 10.1. The van der Waals surface area contributed by atoms with Gasteiger partial charge in [-0.25, -0.2) is 0 Å². The molecule has 6 heteroatoms. The molecule has 1 aliphatic carbocycles. The maximum absolute atomic E-state index is 11.9. The molecule has 0 bridgehead atoms. The minimum Gasteiger partial charge on any atom is -0.493 e. The first-order valence-corrected chi connectivity index (χ1v) is 8.26. The van der Waals surface area contributed by atoms with E-state index in [1.807, 2.05) is 26.0 Å². The standard InChI is InChI=1S/C16H19N3O2S/c1-10-7-11(2)9-13(8-10)21-6-5-14(20)17-16-19-18-15(22-16)12-3-4-12/h7-9,12H,3-6H2,1-2H3,(H,17,19,20). The number of amides is 1. The second kappa shape index (κ2) is 6.44. The van der Waals surface area contributed by atoms with Gasteiger partial charge < -0.3 is 10.1 Å². The first-order valence-electron chi connectivity index (χ1n) is 7.44. The third kappa shape index (κ3) is 4.04. The van der Waals surface area contributed by atoms with E-state index in [1.54, 1.807) is 0 Å². The number of carbonyl (C=O) groups excluding carboxylic acids is 1. The molecule has 1 amide bonds. The number of rotatable bonds is 6. The third-order valence-electron chi connectivity index (χ3n) is 3.41. The molecule has 5 nitrogen and oxygen atoms in total. The van der Waals surface area contributed by atoms with Crippen molar-refractivity contribution in [2.75, 3.05) is 11.9 Å². The first-order chi connectivity index (χ1) is 10.6. The summed E-state index contributed by atoms with van der Waals surface area (Å²) in [6, 6.07) is 6.03. The fourth-order valence-corrected chi connectivity index (χ4v) is 3.17. The number of nitrogens with zero attached hydrogens (tertiary/aromatic N) is 2. The summed E-state index contributed by atoms with van der Waals surface area (Å²) in [5.41, 5.74) is 2.31. The van der Waals surface area contributed by atoms with Gasteiger partial charge in [0.15, 0.2) is 0 Å². The van der Waals surface area contributed by atoms with Crippen molar-refractivity contribution < 1.29 is 9.53 Å². The van der Waals surface area contributed by atoms with E-state index in [0.29, 0.717) is 24.1 Å². The van der Waals surface area contributed by atoms with E-state index in [1.165, 1.54) is 24.2 Å². The zero-order valence-electron chi connectivity index (χ0n) is 12.8. The molecule has 0 aliphatic heterocycles. The number of hydrogen-bond donors (Lipinski definition) is 1. The van der Waals surface area contributed by atoms with Crippen LogP contribution in [0.15, 0.2) is 18.2 Å². The highest BCUT2D eigenvalue weighted by Crippen LogP contribution is 2.42. The fraction of sp³-hybridized carbons (Fsp3) is 0.438. The number of benzene rings is 1. The summed E-state index contributed by atoms with van der Waals surface area (Å²) >= 11 is 1.47. The molecule has 1 fully saturated rings. The van der Waals surface area contributed by atoms with Crippen LogP contribution in [0.25, 0.3) is 0 Å². The molecule has 1 heterocycles. The predicted octanol–water partition coefficient (Wildman–Crippen LogP) is 3.44. The Morgan fingerprint density at radius 1 is 1.27 bits per heavy atom. The van der Waals surface area contributed by atoms with Crippen molar-refractivity contribution in [1.29, 1.82) is 0 Å². The molecular formula is C16H19N3O2S. The Labute approximate surface area is 133 Å². The molecule has 0 atom stereocenters. The molecule has 22 heavy (non-hydrogen) atoms. The maximum atomic E-state index is 11.9. The van der Waals surface area contributed by atoms with Crippen LogP contribution in [0.2, 0.25) is 0 Å². The molecule has 0 saturated heterocycles. The van der Waals surface area contributed by atoms with Gasteiger partial charge in [-0.2, -0.15) is 0 Å². The molecule has 3 rings (SSSR count). The second-order valence-corrected chi connectivity index (χ2v) is 6.70. The first kappa shape index (κ1) is 15.0. The van der Waals surface area contributed by atoms with Crippen LogP contribution in [0.5, 0.6) is 5.75 Å². The minimum absolute atomic E-state index is 0.0946. The topological polar surface area (TPSA) is 64.1 Å². The lowest BCUT2D eigenvalue weighted by Crippen LogP contribution is -2.15. The van der Waals surface area contributed by atoms with Crippen molar-refractivity contribution in [3.8, 4) is 5.75 Å². The number of carbonyl (C=O) groups is 1. The van der Waals surface area contributed by atoms with Gasteiger partial charge in [0.05, 0.1) is 13.0 Å². The average molecular weight is 317 g/mol. The smallest absolute Gasteiger partial charge is 0.229 e. The average Bonchev–Trinajstić information content (AvgIpc) is 3.19. The number of ether oxygens (including phenoxy) is 1. The van der Waals surface area contributed by atoms with E-state index in [9.17, 15) is 4.79 Å². The zero-order chi connectivity index (χ0) is 15.5. The lowest BCUT2D eigenvalue weighted by Gasteiger charge is -2.07. The largest absolute Gasteiger partial charge is 0.493 e. The summed E-state index contributed by atoms with van der Waals surface area (Å²) in [5, 5.41) is 12.5. The SMILES string of the molecule is Cc1cc(C)cc(OCCC(=O)Nc2nnc(C3CC3)s2)c1. The lowest BCUT2D eigenvalue weighted by molar-refractivity contribution is -0.116. The van der Waals surface area contributed by atoms with Gasteiger partial charge in [0.2, 0.25) is 11.0 Å². The predicted molar refractivity (Wildman–Crippen MR) is 86.5 cm³/mol. The van der Waals surface area contributed by atoms with Gasteiger partial charge in [-0.3, -0.25) is 4.79 Å². The molecule has 0 unspecified atom stereocenters. The molecule has 1 aliphatic rings. The Morgan fingerprint density at radius 2 is 2.00 bits per heavy atom. The maximum Gasteiger partial charge on any atom is 0.229 e. The van der Waals surface area contributed by atoms with Gasteiger partial charge in [-0.1, -0.05) is 17.4 Å². The van der Waals surface area contributed by atoms with Crippen LogP contribution in [-0.2, 0) is 4.79 Å². The number of nitrogens with one attached hydrogen (secondary N) is 1. The van der Waals surface area contributed by atoms with Crippen LogP contribution < -0.4 is 10.1 Å². The molecule has 2 aromatic rings. The van der Waals surface area contributed by atoms with E-state index >= 15 is 0 Å². The highest BCUT2D eigenvalue weighted by molar-refractivity contribution is 7.15. The van der Waals surface area contributed by atoms with Crippen LogP contribution in [0.4, 0.5) is 5.13 Å². The van der Waals surface area contributed by atoms with Gasteiger partial charge in [0, 0.05) is 5.92 Å². The molecule has 0 spiro atoms. The van der Waals surface area contributed by atoms with Gasteiger partial charge in [0.1, 0.15) is 10.8 Å². The van der Waals surface area contributed by atoms with E-state index in [0.717, 1.165) is 21.9 Å². The molecule has 1 aromatic carbocycles. The van der Waals surface area contributed by atoms with E-state index < -0.39 is 0 Å².